The van der Waals surface area contributed by atoms with Crippen LogP contribution in [-0.2, 0) is 6.42 Å². The molecule has 2 aromatic rings. The number of carbonyl (C=O) groups is 1. The minimum absolute atomic E-state index is 0.198. The summed E-state index contributed by atoms with van der Waals surface area (Å²) in [6.07, 6.45) is 5.79. The van der Waals surface area contributed by atoms with E-state index in [-0.39, 0.29) is 17.8 Å². The Morgan fingerprint density at radius 3 is 2.47 bits per heavy atom. The highest BCUT2D eigenvalue weighted by atomic mass is 16.1. The summed E-state index contributed by atoms with van der Waals surface area (Å²) in [4.78, 5) is 24.0. The van der Waals surface area contributed by atoms with Gasteiger partial charge in [-0.25, -0.2) is 4.99 Å². The Labute approximate surface area is 176 Å². The van der Waals surface area contributed by atoms with Gasteiger partial charge in [0.2, 0.25) is 11.9 Å². The number of benzene rings is 2. The largest absolute Gasteiger partial charge is 0.369 e. The van der Waals surface area contributed by atoms with E-state index in [0.717, 1.165) is 44.2 Å². The van der Waals surface area contributed by atoms with Crippen molar-refractivity contribution in [2.45, 2.75) is 51.1 Å². The van der Waals surface area contributed by atoms with Crippen LogP contribution in [0.4, 0.5) is 11.4 Å². The zero-order chi connectivity index (χ0) is 21.1. The standard InChI is InChI=1S/C23H28N6O/c1-2-16-10-12-17(13-11-16)26-20(30)18-8-4-5-9-19(18)29-22(25)27-21(24)28-23(29)14-6-3-7-15-23/h4-5,8-13H,2-3,6-7,14-15H2,1H3,(H,26,30)(H4,24,25,27,28). The molecule has 0 radical (unpaired) electrons. The minimum atomic E-state index is -0.590. The maximum absolute atomic E-state index is 13.2. The first kappa shape index (κ1) is 19.9. The van der Waals surface area contributed by atoms with Gasteiger partial charge in [0.15, 0.2) is 0 Å². The Morgan fingerprint density at radius 1 is 1.07 bits per heavy atom. The first-order chi connectivity index (χ1) is 14.5. The van der Waals surface area contributed by atoms with Crippen molar-refractivity contribution in [2.24, 2.45) is 21.5 Å². The number of aryl methyl sites for hydroxylation is 1. The number of para-hydroxylation sites is 1. The second kappa shape index (κ2) is 8.18. The minimum Gasteiger partial charge on any atom is -0.369 e. The van der Waals surface area contributed by atoms with E-state index in [9.17, 15) is 4.79 Å². The van der Waals surface area contributed by atoms with Crippen molar-refractivity contribution in [3.63, 3.8) is 0 Å². The van der Waals surface area contributed by atoms with Crippen LogP contribution in [0.15, 0.2) is 58.5 Å². The van der Waals surface area contributed by atoms with Crippen LogP contribution >= 0.6 is 0 Å². The Hall–Kier alpha value is -3.35. The molecule has 4 rings (SSSR count). The molecular formula is C23H28N6O. The van der Waals surface area contributed by atoms with E-state index in [4.69, 9.17) is 16.5 Å². The lowest BCUT2D eigenvalue weighted by Crippen LogP contribution is -2.58. The van der Waals surface area contributed by atoms with Gasteiger partial charge in [-0.05, 0) is 61.9 Å². The molecule has 7 heteroatoms. The highest BCUT2D eigenvalue weighted by Gasteiger charge is 2.43. The molecule has 1 saturated carbocycles. The Balaban J connectivity index is 1.69. The molecular weight excluding hydrogens is 376 g/mol. The number of hydrogen-bond acceptors (Lipinski definition) is 6. The van der Waals surface area contributed by atoms with Crippen LogP contribution in [0.5, 0.6) is 0 Å². The second-order valence-corrected chi connectivity index (χ2v) is 7.84. The molecule has 2 aliphatic rings. The molecule has 7 nitrogen and oxygen atoms in total. The molecule has 0 bridgehead atoms. The lowest BCUT2D eigenvalue weighted by atomic mass is 9.87. The van der Waals surface area contributed by atoms with Gasteiger partial charge in [0.1, 0.15) is 5.66 Å². The summed E-state index contributed by atoms with van der Waals surface area (Å²) in [5.41, 5.74) is 14.9. The Kier molecular flexibility index (Phi) is 5.44. The van der Waals surface area contributed by atoms with E-state index in [1.165, 1.54) is 5.56 Å². The lowest BCUT2D eigenvalue weighted by molar-refractivity contribution is 0.102. The van der Waals surface area contributed by atoms with Crippen molar-refractivity contribution in [3.8, 4) is 0 Å². The molecule has 1 amide bonds. The van der Waals surface area contributed by atoms with Crippen LogP contribution < -0.4 is 21.7 Å². The Morgan fingerprint density at radius 2 is 1.77 bits per heavy atom. The third-order valence-corrected chi connectivity index (χ3v) is 5.86. The van der Waals surface area contributed by atoms with Crippen LogP contribution in [0.25, 0.3) is 0 Å². The molecule has 1 aliphatic carbocycles. The predicted octanol–water partition coefficient (Wildman–Crippen LogP) is 3.61. The van der Waals surface area contributed by atoms with Gasteiger partial charge in [0.25, 0.3) is 5.91 Å². The normalized spacial score (nSPS) is 18.0. The zero-order valence-corrected chi connectivity index (χ0v) is 17.3. The van der Waals surface area contributed by atoms with Gasteiger partial charge in [0.05, 0.1) is 11.3 Å². The quantitative estimate of drug-likeness (QED) is 0.723. The van der Waals surface area contributed by atoms with Gasteiger partial charge < -0.3 is 16.8 Å². The SMILES string of the molecule is CCc1ccc(NC(=O)c2ccccc2N2C(N)=NC(N)=NC23CCCCC3)cc1. The summed E-state index contributed by atoms with van der Waals surface area (Å²) in [6, 6.07) is 15.3. The average Bonchev–Trinajstić information content (AvgIpc) is 2.74. The number of aliphatic imine (C=N–C) groups is 2. The van der Waals surface area contributed by atoms with Crippen molar-refractivity contribution in [2.75, 3.05) is 10.2 Å². The van der Waals surface area contributed by atoms with E-state index in [1.807, 2.05) is 47.4 Å². The fraction of sp³-hybridized carbons (Fsp3) is 0.348. The first-order valence-corrected chi connectivity index (χ1v) is 10.5. The molecule has 2 aromatic carbocycles. The van der Waals surface area contributed by atoms with Gasteiger partial charge in [0, 0.05) is 5.69 Å². The van der Waals surface area contributed by atoms with Crippen molar-refractivity contribution in [3.05, 3.63) is 59.7 Å². The van der Waals surface area contributed by atoms with E-state index in [0.29, 0.717) is 11.3 Å². The zero-order valence-electron chi connectivity index (χ0n) is 17.3. The number of hydrogen-bond donors (Lipinski definition) is 3. The number of amides is 1. The van der Waals surface area contributed by atoms with Crippen LogP contribution in [-0.4, -0.2) is 23.5 Å². The third kappa shape index (κ3) is 3.75. The summed E-state index contributed by atoms with van der Waals surface area (Å²) in [7, 11) is 0. The predicted molar refractivity (Wildman–Crippen MR) is 122 cm³/mol. The number of nitrogens with two attached hydrogens (primary N) is 2. The van der Waals surface area contributed by atoms with Crippen LogP contribution in [0.1, 0.15) is 54.9 Å². The van der Waals surface area contributed by atoms with Crippen molar-refractivity contribution in [1.82, 2.24) is 0 Å². The van der Waals surface area contributed by atoms with Gasteiger partial charge in [-0.1, -0.05) is 37.6 Å². The number of nitrogens with one attached hydrogen (secondary N) is 1. The molecule has 0 saturated heterocycles. The third-order valence-electron chi connectivity index (χ3n) is 5.86. The van der Waals surface area contributed by atoms with E-state index in [1.54, 1.807) is 6.07 Å². The van der Waals surface area contributed by atoms with Gasteiger partial charge in [-0.15, -0.1) is 0 Å². The molecule has 1 spiro atoms. The molecule has 0 atom stereocenters. The summed E-state index contributed by atoms with van der Waals surface area (Å²) >= 11 is 0. The van der Waals surface area contributed by atoms with Crippen LogP contribution in [0, 0.1) is 0 Å². The van der Waals surface area contributed by atoms with Crippen LogP contribution in [0.3, 0.4) is 0 Å². The second-order valence-electron chi connectivity index (χ2n) is 7.84. The topological polar surface area (TPSA) is 109 Å². The number of carbonyl (C=O) groups excluding carboxylic acids is 1. The fourth-order valence-electron chi connectivity index (χ4n) is 4.35. The van der Waals surface area contributed by atoms with Crippen molar-refractivity contribution >= 4 is 29.2 Å². The van der Waals surface area contributed by atoms with Crippen molar-refractivity contribution < 1.29 is 4.79 Å². The molecule has 1 heterocycles. The summed E-state index contributed by atoms with van der Waals surface area (Å²) in [5.74, 6) is 0.275. The van der Waals surface area contributed by atoms with Gasteiger partial charge in [-0.3, -0.25) is 9.69 Å². The highest BCUT2D eigenvalue weighted by Crippen LogP contribution is 2.40. The summed E-state index contributed by atoms with van der Waals surface area (Å²) in [6.45, 7) is 2.10. The smallest absolute Gasteiger partial charge is 0.257 e. The number of rotatable bonds is 4. The van der Waals surface area contributed by atoms with E-state index >= 15 is 0 Å². The van der Waals surface area contributed by atoms with E-state index in [2.05, 4.69) is 17.2 Å². The monoisotopic (exact) mass is 404 g/mol. The molecule has 5 N–H and O–H groups in total. The number of anilines is 2. The highest BCUT2D eigenvalue weighted by molar-refractivity contribution is 6.13. The van der Waals surface area contributed by atoms with E-state index < -0.39 is 5.66 Å². The molecule has 1 fully saturated rings. The molecule has 1 aliphatic heterocycles. The maximum atomic E-state index is 13.2. The van der Waals surface area contributed by atoms with Crippen LogP contribution in [0.2, 0.25) is 0 Å². The molecule has 30 heavy (non-hydrogen) atoms. The molecule has 0 unspecified atom stereocenters. The van der Waals surface area contributed by atoms with Crippen molar-refractivity contribution in [1.29, 1.82) is 0 Å². The lowest BCUT2D eigenvalue weighted by Gasteiger charge is -2.46. The first-order valence-electron chi connectivity index (χ1n) is 10.5. The summed E-state index contributed by atoms with van der Waals surface area (Å²) in [5, 5.41) is 3.00. The number of nitrogens with zero attached hydrogens (tertiary/aromatic N) is 3. The maximum Gasteiger partial charge on any atom is 0.257 e. The molecule has 156 valence electrons. The molecule has 0 aromatic heterocycles. The average molecular weight is 405 g/mol. The summed E-state index contributed by atoms with van der Waals surface area (Å²) < 4.78 is 0. The Bertz CT molecular complexity index is 989. The van der Waals surface area contributed by atoms with Gasteiger partial charge >= 0.3 is 0 Å². The number of guanidine groups is 2. The van der Waals surface area contributed by atoms with Gasteiger partial charge in [-0.2, -0.15) is 4.99 Å². The fourth-order valence-corrected chi connectivity index (χ4v) is 4.35.